The van der Waals surface area contributed by atoms with Crippen molar-refractivity contribution in [2.75, 3.05) is 38.7 Å². The normalized spacial score (nSPS) is 11.4. The summed E-state index contributed by atoms with van der Waals surface area (Å²) in [5, 5.41) is 28.5. The van der Waals surface area contributed by atoms with Gasteiger partial charge >= 0.3 is 0 Å². The number of anilines is 1. The number of aliphatic hydroxyl groups is 3. The first-order chi connectivity index (χ1) is 8.38. The van der Waals surface area contributed by atoms with Gasteiger partial charge in [0.2, 0.25) is 0 Å². The number of rotatable bonds is 7. The van der Waals surface area contributed by atoms with E-state index in [1.54, 1.807) is 0 Å². The van der Waals surface area contributed by atoms with Crippen molar-refractivity contribution in [3.63, 3.8) is 0 Å². The summed E-state index contributed by atoms with van der Waals surface area (Å²) in [6.45, 7) is 0.441. The Morgan fingerprint density at radius 1 is 1.28 bits per heavy atom. The van der Waals surface area contributed by atoms with Crippen LogP contribution in [0.1, 0.15) is 0 Å². The van der Waals surface area contributed by atoms with E-state index in [-0.39, 0.29) is 6.54 Å². The third-order valence-corrected chi connectivity index (χ3v) is 2.24. The molecular formula is C12H20N2O4. The predicted octanol–water partition coefficient (Wildman–Crippen LogP) is -0.648. The van der Waals surface area contributed by atoms with Gasteiger partial charge in [-0.15, -0.1) is 0 Å². The number of nitrogens with zero attached hydrogens (tertiary/aromatic N) is 1. The quantitative estimate of drug-likeness (QED) is 0.383. The fraction of sp³-hybridized carbons (Fsp3) is 0.500. The highest BCUT2D eigenvalue weighted by Gasteiger charge is 2.16. The van der Waals surface area contributed by atoms with Crippen LogP contribution in [0.25, 0.3) is 0 Å². The molecule has 0 aliphatic heterocycles. The Bertz CT molecular complexity index is 363. The van der Waals surface area contributed by atoms with Gasteiger partial charge in [0.25, 0.3) is 5.97 Å². The summed E-state index contributed by atoms with van der Waals surface area (Å²) < 4.78 is 5.48. The third kappa shape index (κ3) is 5.83. The van der Waals surface area contributed by atoms with Gasteiger partial charge < -0.3 is 30.3 Å². The molecule has 0 bridgehead atoms. The van der Waals surface area contributed by atoms with Crippen LogP contribution in [-0.2, 0) is 0 Å². The van der Waals surface area contributed by atoms with Gasteiger partial charge in [-0.25, -0.2) is 0 Å². The lowest BCUT2D eigenvalue weighted by Gasteiger charge is -2.16. The van der Waals surface area contributed by atoms with E-state index in [0.717, 1.165) is 11.4 Å². The molecule has 0 aromatic heterocycles. The molecule has 0 atom stereocenters. The zero-order valence-electron chi connectivity index (χ0n) is 10.6. The Morgan fingerprint density at radius 3 is 2.61 bits per heavy atom. The van der Waals surface area contributed by atoms with Gasteiger partial charge in [0.05, 0.1) is 6.54 Å². The summed E-state index contributed by atoms with van der Waals surface area (Å²) in [6, 6.07) is 7.64. The van der Waals surface area contributed by atoms with Crippen LogP contribution < -0.4 is 15.0 Å². The lowest BCUT2D eigenvalue weighted by atomic mass is 10.3. The molecule has 1 aromatic carbocycles. The summed E-state index contributed by atoms with van der Waals surface area (Å²) >= 11 is 0. The first-order valence-electron chi connectivity index (χ1n) is 5.66. The van der Waals surface area contributed by atoms with E-state index in [1.165, 1.54) is 0 Å². The van der Waals surface area contributed by atoms with Gasteiger partial charge in [0.1, 0.15) is 12.4 Å². The molecule has 18 heavy (non-hydrogen) atoms. The summed E-state index contributed by atoms with van der Waals surface area (Å²) in [6.07, 6.45) is 0. The van der Waals surface area contributed by atoms with E-state index in [9.17, 15) is 0 Å². The van der Waals surface area contributed by atoms with Crippen LogP contribution in [0.15, 0.2) is 24.3 Å². The standard InChI is InChI=1S/C12H20N2O4/c1-14(2)10-4-3-5-11(8-10)18-7-6-13-9-12(15,16)17/h3-5,8,13,15-17H,6-7,9H2,1-2H3. The second-order valence-electron chi connectivity index (χ2n) is 4.19. The average molecular weight is 256 g/mol. The highest BCUT2D eigenvalue weighted by atomic mass is 16.7. The molecule has 4 N–H and O–H groups in total. The highest BCUT2D eigenvalue weighted by Crippen LogP contribution is 2.18. The molecule has 0 amide bonds. The molecule has 0 radical (unpaired) electrons. The zero-order valence-corrected chi connectivity index (χ0v) is 10.6. The maximum absolute atomic E-state index is 8.63. The Kier molecular flexibility index (Phi) is 5.36. The molecule has 0 fully saturated rings. The van der Waals surface area contributed by atoms with E-state index >= 15 is 0 Å². The topological polar surface area (TPSA) is 85.2 Å². The van der Waals surface area contributed by atoms with E-state index in [4.69, 9.17) is 20.1 Å². The SMILES string of the molecule is CN(C)c1cccc(OCCNCC(O)(O)O)c1. The van der Waals surface area contributed by atoms with Crippen LogP contribution in [0, 0.1) is 0 Å². The molecule has 1 rings (SSSR count). The molecule has 0 unspecified atom stereocenters. The number of nitrogens with one attached hydrogen (secondary N) is 1. The molecule has 6 nitrogen and oxygen atoms in total. The maximum atomic E-state index is 8.63. The van der Waals surface area contributed by atoms with Crippen LogP contribution in [0.3, 0.4) is 0 Å². The van der Waals surface area contributed by atoms with Crippen LogP contribution >= 0.6 is 0 Å². The van der Waals surface area contributed by atoms with Crippen molar-refractivity contribution < 1.29 is 20.1 Å². The summed E-state index contributed by atoms with van der Waals surface area (Å²) in [5.74, 6) is -1.93. The van der Waals surface area contributed by atoms with Crippen molar-refractivity contribution in [2.24, 2.45) is 0 Å². The molecule has 102 valence electrons. The molecule has 0 heterocycles. The maximum Gasteiger partial charge on any atom is 0.288 e. The van der Waals surface area contributed by atoms with E-state index in [0.29, 0.717) is 13.2 Å². The van der Waals surface area contributed by atoms with Crippen LogP contribution in [0.4, 0.5) is 5.69 Å². The van der Waals surface area contributed by atoms with Crippen LogP contribution in [0.2, 0.25) is 0 Å². The zero-order chi connectivity index (χ0) is 13.6. The largest absolute Gasteiger partial charge is 0.492 e. The van der Waals surface area contributed by atoms with Crippen molar-refractivity contribution in [1.29, 1.82) is 0 Å². The molecular weight excluding hydrogens is 236 g/mol. The number of benzene rings is 1. The first kappa shape index (κ1) is 14.7. The number of hydrogen-bond donors (Lipinski definition) is 4. The number of hydrogen-bond acceptors (Lipinski definition) is 6. The van der Waals surface area contributed by atoms with Crippen molar-refractivity contribution in [3.05, 3.63) is 24.3 Å². The van der Waals surface area contributed by atoms with Crippen molar-refractivity contribution in [3.8, 4) is 5.75 Å². The average Bonchev–Trinajstić information content (AvgIpc) is 2.27. The summed E-state index contributed by atoms with van der Waals surface area (Å²) in [4.78, 5) is 1.97. The molecule has 6 heteroatoms. The van der Waals surface area contributed by atoms with Gasteiger partial charge in [0.15, 0.2) is 0 Å². The summed E-state index contributed by atoms with van der Waals surface area (Å²) in [7, 11) is 3.90. The predicted molar refractivity (Wildman–Crippen MR) is 68.5 cm³/mol. The Hall–Kier alpha value is -1.34. The lowest BCUT2D eigenvalue weighted by Crippen LogP contribution is -2.41. The second-order valence-corrected chi connectivity index (χ2v) is 4.19. The second kappa shape index (κ2) is 6.55. The van der Waals surface area contributed by atoms with E-state index in [2.05, 4.69) is 5.32 Å². The van der Waals surface area contributed by atoms with E-state index < -0.39 is 5.97 Å². The van der Waals surface area contributed by atoms with Gasteiger partial charge in [-0.05, 0) is 12.1 Å². The molecule has 0 aliphatic carbocycles. The monoisotopic (exact) mass is 256 g/mol. The molecule has 0 saturated carbocycles. The van der Waals surface area contributed by atoms with E-state index in [1.807, 2.05) is 43.3 Å². The van der Waals surface area contributed by atoms with Crippen LogP contribution in [-0.4, -0.2) is 55.1 Å². The molecule has 1 aromatic rings. The van der Waals surface area contributed by atoms with Gasteiger partial charge in [0, 0.05) is 32.4 Å². The minimum atomic E-state index is -2.68. The first-order valence-corrected chi connectivity index (χ1v) is 5.66. The van der Waals surface area contributed by atoms with Crippen LogP contribution in [0.5, 0.6) is 5.75 Å². The smallest absolute Gasteiger partial charge is 0.288 e. The fourth-order valence-corrected chi connectivity index (χ4v) is 1.35. The van der Waals surface area contributed by atoms with Gasteiger partial charge in [-0.1, -0.05) is 6.07 Å². The summed E-state index contributed by atoms with van der Waals surface area (Å²) in [5.41, 5.74) is 1.04. The Balaban J connectivity index is 2.29. The third-order valence-electron chi connectivity index (χ3n) is 2.24. The fourth-order valence-electron chi connectivity index (χ4n) is 1.35. The molecule has 0 aliphatic rings. The Labute approximate surface area is 106 Å². The van der Waals surface area contributed by atoms with Crippen molar-refractivity contribution in [1.82, 2.24) is 5.32 Å². The van der Waals surface area contributed by atoms with Gasteiger partial charge in [-0.2, -0.15) is 0 Å². The highest BCUT2D eigenvalue weighted by molar-refractivity contribution is 5.49. The lowest BCUT2D eigenvalue weighted by molar-refractivity contribution is -0.306. The number of ether oxygens (including phenoxy) is 1. The minimum absolute atomic E-state index is 0.325. The molecule has 0 saturated heterocycles. The van der Waals surface area contributed by atoms with Crippen molar-refractivity contribution >= 4 is 5.69 Å². The van der Waals surface area contributed by atoms with Gasteiger partial charge in [-0.3, -0.25) is 0 Å². The molecule has 0 spiro atoms. The Morgan fingerprint density at radius 2 is 2.00 bits per heavy atom. The van der Waals surface area contributed by atoms with Crippen molar-refractivity contribution in [2.45, 2.75) is 5.97 Å². The minimum Gasteiger partial charge on any atom is -0.492 e.